The van der Waals surface area contributed by atoms with Crippen molar-refractivity contribution in [3.63, 3.8) is 0 Å². The molecule has 0 aliphatic carbocycles. The number of nitrogens with one attached hydrogen (secondary N) is 1. The third kappa shape index (κ3) is 4.82. The zero-order valence-electron chi connectivity index (χ0n) is 10.5. The minimum Gasteiger partial charge on any atom is -0.477 e. The first-order valence-corrected chi connectivity index (χ1v) is 5.77. The summed E-state index contributed by atoms with van der Waals surface area (Å²) in [5.74, 6) is 7.23. The fourth-order valence-corrected chi connectivity index (χ4v) is 1.29. The molecule has 0 amide bonds. The van der Waals surface area contributed by atoms with E-state index < -0.39 is 0 Å². The summed E-state index contributed by atoms with van der Waals surface area (Å²) in [6.45, 7) is 8.44. The van der Waals surface area contributed by atoms with E-state index >= 15 is 0 Å². The van der Waals surface area contributed by atoms with Gasteiger partial charge in [-0.1, -0.05) is 12.5 Å². The molecule has 0 unspecified atom stereocenters. The minimum absolute atomic E-state index is 0.553. The Labute approximate surface area is 102 Å². The van der Waals surface area contributed by atoms with E-state index in [0.29, 0.717) is 18.3 Å². The van der Waals surface area contributed by atoms with Crippen LogP contribution in [0.1, 0.15) is 32.5 Å². The third-order valence-electron chi connectivity index (χ3n) is 2.15. The first-order chi connectivity index (χ1) is 8.15. The van der Waals surface area contributed by atoms with E-state index in [1.54, 1.807) is 6.07 Å². The average molecular weight is 236 g/mol. The molecule has 0 fully saturated rings. The second-order valence-corrected chi connectivity index (χ2v) is 3.96. The highest BCUT2D eigenvalue weighted by atomic mass is 16.5. The lowest BCUT2D eigenvalue weighted by Gasteiger charge is -2.08. The second-order valence-electron chi connectivity index (χ2n) is 3.96. The van der Waals surface area contributed by atoms with Crippen LogP contribution in [0.3, 0.4) is 0 Å². The van der Waals surface area contributed by atoms with Gasteiger partial charge >= 0.3 is 0 Å². The highest BCUT2D eigenvalue weighted by molar-refractivity contribution is 5.37. The smallest absolute Gasteiger partial charge is 0.218 e. The number of hydrazine groups is 1. The van der Waals surface area contributed by atoms with Gasteiger partial charge in [0.25, 0.3) is 0 Å². The van der Waals surface area contributed by atoms with E-state index in [4.69, 9.17) is 10.6 Å². The van der Waals surface area contributed by atoms with Gasteiger partial charge in [-0.05, 0) is 13.3 Å². The summed E-state index contributed by atoms with van der Waals surface area (Å²) in [4.78, 5) is 8.55. The second kappa shape index (κ2) is 6.85. The molecule has 5 nitrogen and oxygen atoms in total. The van der Waals surface area contributed by atoms with Crippen molar-refractivity contribution in [2.75, 3.05) is 12.0 Å². The van der Waals surface area contributed by atoms with Crippen LogP contribution in [0.5, 0.6) is 5.88 Å². The highest BCUT2D eigenvalue weighted by Gasteiger charge is 2.04. The molecule has 0 aliphatic heterocycles. The molecule has 1 aromatic rings. The number of hydrogen-bond donors (Lipinski definition) is 2. The van der Waals surface area contributed by atoms with Gasteiger partial charge in [0.05, 0.1) is 6.61 Å². The van der Waals surface area contributed by atoms with Gasteiger partial charge in [-0.15, -0.1) is 6.58 Å². The topological polar surface area (TPSA) is 73.1 Å². The lowest BCUT2D eigenvalue weighted by atomic mass is 10.3. The normalized spacial score (nSPS) is 10.1. The average Bonchev–Trinajstić information content (AvgIpc) is 2.28. The molecule has 0 atom stereocenters. The van der Waals surface area contributed by atoms with Gasteiger partial charge in [-0.3, -0.25) is 0 Å². The summed E-state index contributed by atoms with van der Waals surface area (Å²) in [6, 6.07) is 1.69. The van der Waals surface area contributed by atoms with Gasteiger partial charge in [0.2, 0.25) is 5.88 Å². The number of aryl methyl sites for hydroxylation is 1. The maximum absolute atomic E-state index is 5.54. The van der Waals surface area contributed by atoms with Crippen LogP contribution >= 0.6 is 0 Å². The Balaban J connectivity index is 2.69. The van der Waals surface area contributed by atoms with Crippen LogP contribution in [0.25, 0.3) is 0 Å². The van der Waals surface area contributed by atoms with Crippen molar-refractivity contribution in [2.45, 2.75) is 33.1 Å². The molecule has 1 rings (SSSR count). The van der Waals surface area contributed by atoms with Gasteiger partial charge in [0.15, 0.2) is 0 Å². The molecular formula is C12H20N4O. The number of anilines is 1. The van der Waals surface area contributed by atoms with Crippen LogP contribution < -0.4 is 16.0 Å². The molecule has 0 bridgehead atoms. The Morgan fingerprint density at radius 2 is 2.29 bits per heavy atom. The fourth-order valence-electron chi connectivity index (χ4n) is 1.29. The molecule has 0 saturated heterocycles. The van der Waals surface area contributed by atoms with Gasteiger partial charge in [-0.25, -0.2) is 10.8 Å². The molecule has 5 heteroatoms. The Morgan fingerprint density at radius 3 is 2.88 bits per heavy atom. The molecule has 94 valence electrons. The summed E-state index contributed by atoms with van der Waals surface area (Å²) >= 11 is 0. The number of rotatable bonds is 7. The Hall–Kier alpha value is -1.62. The number of nitrogen functional groups attached to an aromatic ring is 1. The van der Waals surface area contributed by atoms with Gasteiger partial charge in [0.1, 0.15) is 11.6 Å². The Bertz CT molecular complexity index is 379. The van der Waals surface area contributed by atoms with Crippen molar-refractivity contribution in [1.29, 1.82) is 0 Å². The number of hydrogen-bond acceptors (Lipinski definition) is 5. The molecule has 3 N–H and O–H groups in total. The van der Waals surface area contributed by atoms with E-state index in [0.717, 1.165) is 30.7 Å². The third-order valence-corrected chi connectivity index (χ3v) is 2.15. The summed E-state index contributed by atoms with van der Waals surface area (Å²) in [5.41, 5.74) is 3.60. The number of ether oxygens (including phenoxy) is 1. The Morgan fingerprint density at radius 1 is 1.53 bits per heavy atom. The van der Waals surface area contributed by atoms with Crippen LogP contribution in [-0.2, 0) is 6.42 Å². The van der Waals surface area contributed by atoms with Crippen LogP contribution in [0.15, 0.2) is 18.2 Å². The van der Waals surface area contributed by atoms with Crippen molar-refractivity contribution >= 4 is 5.82 Å². The quantitative estimate of drug-likeness (QED) is 0.430. The predicted molar refractivity (Wildman–Crippen MR) is 68.8 cm³/mol. The van der Waals surface area contributed by atoms with Crippen molar-refractivity contribution in [3.8, 4) is 5.88 Å². The monoisotopic (exact) mass is 236 g/mol. The standard InChI is InChI=1S/C12H20N4O/c1-4-5-10-14-11(16-13)8-12(15-10)17-7-6-9(2)3/h8H,2,4-7,13H2,1,3H3,(H,14,15,16). The fraction of sp³-hybridized carbons (Fsp3) is 0.500. The Kier molecular flexibility index (Phi) is 5.42. The van der Waals surface area contributed by atoms with Crippen molar-refractivity contribution in [3.05, 3.63) is 24.0 Å². The lowest BCUT2D eigenvalue weighted by molar-refractivity contribution is 0.308. The maximum atomic E-state index is 5.54. The van der Waals surface area contributed by atoms with Gasteiger partial charge in [-0.2, -0.15) is 4.98 Å². The van der Waals surface area contributed by atoms with E-state index in [9.17, 15) is 0 Å². The molecule has 1 aromatic heterocycles. The number of nitrogens with two attached hydrogens (primary N) is 1. The van der Waals surface area contributed by atoms with E-state index in [2.05, 4.69) is 28.9 Å². The van der Waals surface area contributed by atoms with Crippen LogP contribution in [0.2, 0.25) is 0 Å². The molecule has 0 spiro atoms. The number of nitrogens with zero attached hydrogens (tertiary/aromatic N) is 2. The SMILES string of the molecule is C=C(C)CCOc1cc(NN)nc(CCC)n1. The summed E-state index contributed by atoms with van der Waals surface area (Å²) in [7, 11) is 0. The first-order valence-electron chi connectivity index (χ1n) is 5.77. The van der Waals surface area contributed by atoms with Crippen LogP contribution in [0, 0.1) is 0 Å². The minimum atomic E-state index is 0.553. The summed E-state index contributed by atoms with van der Waals surface area (Å²) in [5, 5.41) is 0. The zero-order valence-corrected chi connectivity index (χ0v) is 10.5. The molecule has 0 saturated carbocycles. The lowest BCUT2D eigenvalue weighted by Crippen LogP contribution is -2.11. The molecule has 17 heavy (non-hydrogen) atoms. The molecule has 0 aromatic carbocycles. The van der Waals surface area contributed by atoms with Crippen LogP contribution in [0.4, 0.5) is 5.82 Å². The van der Waals surface area contributed by atoms with Gasteiger partial charge in [0, 0.05) is 18.9 Å². The van der Waals surface area contributed by atoms with Crippen molar-refractivity contribution in [1.82, 2.24) is 9.97 Å². The summed E-state index contributed by atoms with van der Waals surface area (Å²) < 4.78 is 5.54. The van der Waals surface area contributed by atoms with E-state index in [1.807, 2.05) is 6.92 Å². The maximum Gasteiger partial charge on any atom is 0.218 e. The van der Waals surface area contributed by atoms with E-state index in [-0.39, 0.29) is 0 Å². The van der Waals surface area contributed by atoms with Gasteiger partial charge < -0.3 is 10.2 Å². The largest absolute Gasteiger partial charge is 0.477 e. The molecule has 0 radical (unpaired) electrons. The van der Waals surface area contributed by atoms with Crippen molar-refractivity contribution < 1.29 is 4.74 Å². The molecule has 0 aliphatic rings. The van der Waals surface area contributed by atoms with Crippen LogP contribution in [-0.4, -0.2) is 16.6 Å². The summed E-state index contributed by atoms with van der Waals surface area (Å²) in [6.07, 6.45) is 2.62. The van der Waals surface area contributed by atoms with Crippen molar-refractivity contribution in [2.24, 2.45) is 5.84 Å². The predicted octanol–water partition coefficient (Wildman–Crippen LogP) is 2.06. The first kappa shape index (κ1) is 13.4. The molecule has 1 heterocycles. The molecular weight excluding hydrogens is 216 g/mol. The van der Waals surface area contributed by atoms with E-state index in [1.165, 1.54) is 0 Å². The highest BCUT2D eigenvalue weighted by Crippen LogP contribution is 2.14. The number of aromatic nitrogens is 2. The zero-order chi connectivity index (χ0) is 12.7.